The molecule has 0 spiro atoms. The van der Waals surface area contributed by atoms with E-state index in [4.69, 9.17) is 4.98 Å². The number of para-hydroxylation sites is 2. The number of aromatic nitrogens is 3. The summed E-state index contributed by atoms with van der Waals surface area (Å²) in [5, 5.41) is 14.7. The Morgan fingerprint density at radius 1 is 0.829 bits per heavy atom. The van der Waals surface area contributed by atoms with E-state index in [0.717, 1.165) is 33.7 Å². The molecule has 0 aliphatic heterocycles. The van der Waals surface area contributed by atoms with Gasteiger partial charge in [-0.3, -0.25) is 0 Å². The minimum Gasteiger partial charge on any atom is -0.478 e. The fourth-order valence-electron chi connectivity index (χ4n) is 6.05. The number of fused-ring (bicyclic) bond motifs is 2. The molecule has 0 amide bonds. The Kier molecular flexibility index (Phi) is 7.75. The van der Waals surface area contributed by atoms with Crippen molar-refractivity contribution in [2.45, 2.75) is 58.5 Å². The summed E-state index contributed by atoms with van der Waals surface area (Å²) in [5.41, 5.74) is 7.23. The number of hydrogen-bond donors (Lipinski definition) is 1. The highest BCUT2D eigenvalue weighted by molar-refractivity contribution is 7.10. The van der Waals surface area contributed by atoms with Crippen LogP contribution in [0.5, 0.6) is 0 Å². The van der Waals surface area contributed by atoms with Crippen LogP contribution in [0.1, 0.15) is 71.9 Å². The molecule has 0 radical (unpaired) electrons. The second-order valence-electron chi connectivity index (χ2n) is 10.8. The predicted molar refractivity (Wildman–Crippen MR) is 169 cm³/mol. The number of thiazole rings is 1. The molecular formula is C35H35N3O2S. The van der Waals surface area contributed by atoms with Crippen LogP contribution in [-0.2, 0) is 13.1 Å². The van der Waals surface area contributed by atoms with Gasteiger partial charge in [0.05, 0.1) is 17.8 Å². The highest BCUT2D eigenvalue weighted by Crippen LogP contribution is 2.33. The molecule has 1 N–H and O–H groups in total. The van der Waals surface area contributed by atoms with Crippen molar-refractivity contribution in [1.82, 2.24) is 14.1 Å². The van der Waals surface area contributed by atoms with Gasteiger partial charge >= 0.3 is 5.97 Å². The van der Waals surface area contributed by atoms with Crippen LogP contribution in [0.3, 0.4) is 0 Å². The van der Waals surface area contributed by atoms with Crippen molar-refractivity contribution in [2.75, 3.05) is 0 Å². The van der Waals surface area contributed by atoms with Crippen molar-refractivity contribution in [3.8, 4) is 11.3 Å². The first kappa shape index (κ1) is 27.0. The number of hydrogen-bond acceptors (Lipinski definition) is 3. The van der Waals surface area contributed by atoms with Crippen molar-refractivity contribution in [3.63, 3.8) is 0 Å². The Morgan fingerprint density at radius 2 is 1.46 bits per heavy atom. The van der Waals surface area contributed by atoms with E-state index in [0.29, 0.717) is 18.0 Å². The summed E-state index contributed by atoms with van der Waals surface area (Å²) < 4.78 is 4.31. The molecule has 0 bridgehead atoms. The van der Waals surface area contributed by atoms with Crippen LogP contribution in [0.15, 0.2) is 90.6 Å². The topological polar surface area (TPSA) is 60.0 Å². The lowest BCUT2D eigenvalue weighted by Gasteiger charge is -2.16. The first-order chi connectivity index (χ1) is 20.1. The normalized spacial score (nSPS) is 11.7. The Labute approximate surface area is 244 Å². The minimum absolute atomic E-state index is 0.319. The Hall–Kier alpha value is -4.16. The maximum atomic E-state index is 11.8. The van der Waals surface area contributed by atoms with Gasteiger partial charge in [0.15, 0.2) is 0 Å². The predicted octanol–water partition coefficient (Wildman–Crippen LogP) is 9.20. The molecule has 0 atom stereocenters. The number of carbonyl (C=O) groups is 1. The Bertz CT molecular complexity index is 1800. The summed E-state index contributed by atoms with van der Waals surface area (Å²) in [6.45, 7) is 5.88. The maximum absolute atomic E-state index is 11.8. The van der Waals surface area contributed by atoms with E-state index in [2.05, 4.69) is 78.5 Å². The fraction of sp³-hybridized carbons (Fsp3) is 0.257. The average Bonchev–Trinajstić information content (AvgIpc) is 3.70. The van der Waals surface area contributed by atoms with Crippen LogP contribution in [-0.4, -0.2) is 25.2 Å². The number of carboxylic acid groups (broad SMARTS) is 1. The molecule has 5 nitrogen and oxygen atoms in total. The summed E-state index contributed by atoms with van der Waals surface area (Å²) in [7, 11) is 0. The molecule has 41 heavy (non-hydrogen) atoms. The molecule has 0 aliphatic rings. The second-order valence-corrected chi connectivity index (χ2v) is 11.8. The highest BCUT2D eigenvalue weighted by Gasteiger charge is 2.17. The number of nitrogens with zero attached hydrogens (tertiary/aromatic N) is 3. The molecule has 6 rings (SSSR count). The van der Waals surface area contributed by atoms with E-state index in [1.54, 1.807) is 17.5 Å². The zero-order valence-corrected chi connectivity index (χ0v) is 24.4. The summed E-state index contributed by atoms with van der Waals surface area (Å²) in [6.07, 6.45) is 8.87. The second kappa shape index (κ2) is 11.8. The molecular weight excluding hydrogens is 526 g/mol. The third-order valence-electron chi connectivity index (χ3n) is 8.02. The van der Waals surface area contributed by atoms with Gasteiger partial charge in [0.2, 0.25) is 0 Å². The maximum Gasteiger partial charge on any atom is 0.337 e. The lowest BCUT2D eigenvalue weighted by atomic mass is 9.90. The fourth-order valence-corrected chi connectivity index (χ4v) is 6.84. The zero-order valence-electron chi connectivity index (χ0n) is 23.6. The average molecular weight is 562 g/mol. The zero-order chi connectivity index (χ0) is 28.3. The SMILES string of the molecule is CCCC(CCC)c1ccc(Cn2cc(-c3csc(Cn4cc(C(=O)O)c5ccccc54)n3)c3ccccc32)cc1. The summed E-state index contributed by atoms with van der Waals surface area (Å²) in [5.74, 6) is -0.263. The smallest absolute Gasteiger partial charge is 0.337 e. The van der Waals surface area contributed by atoms with Gasteiger partial charge in [-0.1, -0.05) is 87.4 Å². The number of rotatable bonds is 11. The van der Waals surface area contributed by atoms with Crippen LogP contribution in [0.25, 0.3) is 33.1 Å². The molecule has 0 saturated heterocycles. The molecule has 0 aliphatic carbocycles. The minimum atomic E-state index is -0.913. The van der Waals surface area contributed by atoms with Crippen LogP contribution in [0.2, 0.25) is 0 Å². The molecule has 6 heteroatoms. The lowest BCUT2D eigenvalue weighted by Crippen LogP contribution is -2.01. The Balaban J connectivity index is 1.27. The first-order valence-corrected chi connectivity index (χ1v) is 15.4. The van der Waals surface area contributed by atoms with Crippen LogP contribution in [0.4, 0.5) is 0 Å². The van der Waals surface area contributed by atoms with Gasteiger partial charge in [-0.25, -0.2) is 9.78 Å². The van der Waals surface area contributed by atoms with Gasteiger partial charge in [0, 0.05) is 51.7 Å². The molecule has 0 unspecified atom stereocenters. The van der Waals surface area contributed by atoms with Crippen LogP contribution >= 0.6 is 11.3 Å². The van der Waals surface area contributed by atoms with Gasteiger partial charge in [-0.2, -0.15) is 0 Å². The molecule has 3 aromatic heterocycles. The van der Waals surface area contributed by atoms with Crippen molar-refractivity contribution >= 4 is 39.1 Å². The highest BCUT2D eigenvalue weighted by atomic mass is 32.1. The molecule has 3 aromatic carbocycles. The van der Waals surface area contributed by atoms with Gasteiger partial charge < -0.3 is 14.2 Å². The lowest BCUT2D eigenvalue weighted by molar-refractivity contribution is 0.0698. The number of carboxylic acids is 1. The standard InChI is InChI=1S/C35H35N3O2S/c1-3-9-25(10-4-2)26-17-15-24(16-18-26)19-37-20-29(27-11-5-7-13-32(27)37)31-23-41-34(36-31)22-38-21-30(35(39)40)28-12-6-8-14-33(28)38/h5-8,11-18,20-21,23,25H,3-4,9-10,19,22H2,1-2H3,(H,39,40). The quantitative estimate of drug-likeness (QED) is 0.172. The van der Waals surface area contributed by atoms with Crippen molar-refractivity contribution < 1.29 is 9.90 Å². The molecule has 0 fully saturated rings. The van der Waals surface area contributed by atoms with E-state index in [1.165, 1.54) is 47.7 Å². The van der Waals surface area contributed by atoms with Crippen LogP contribution in [0, 0.1) is 0 Å². The van der Waals surface area contributed by atoms with Gasteiger partial charge in [-0.15, -0.1) is 11.3 Å². The number of aromatic carboxylic acids is 1. The third kappa shape index (κ3) is 5.44. The van der Waals surface area contributed by atoms with Crippen molar-refractivity contribution in [2.24, 2.45) is 0 Å². The van der Waals surface area contributed by atoms with Crippen molar-refractivity contribution in [3.05, 3.63) is 112 Å². The molecule has 6 aromatic rings. The van der Waals surface area contributed by atoms with Crippen molar-refractivity contribution in [1.29, 1.82) is 0 Å². The first-order valence-electron chi connectivity index (χ1n) is 14.5. The molecule has 0 saturated carbocycles. The van der Waals surface area contributed by atoms with Gasteiger partial charge in [0.1, 0.15) is 5.01 Å². The molecule has 3 heterocycles. The van der Waals surface area contributed by atoms with E-state index in [1.807, 2.05) is 28.8 Å². The summed E-state index contributed by atoms with van der Waals surface area (Å²) in [6, 6.07) is 25.4. The van der Waals surface area contributed by atoms with E-state index in [-0.39, 0.29) is 0 Å². The summed E-state index contributed by atoms with van der Waals surface area (Å²) >= 11 is 1.61. The summed E-state index contributed by atoms with van der Waals surface area (Å²) in [4.78, 5) is 16.8. The van der Waals surface area contributed by atoms with Gasteiger partial charge in [0.25, 0.3) is 0 Å². The largest absolute Gasteiger partial charge is 0.478 e. The van der Waals surface area contributed by atoms with E-state index < -0.39 is 5.97 Å². The molecule has 208 valence electrons. The number of benzene rings is 3. The third-order valence-corrected chi connectivity index (χ3v) is 8.85. The van der Waals surface area contributed by atoms with Crippen LogP contribution < -0.4 is 0 Å². The van der Waals surface area contributed by atoms with E-state index in [9.17, 15) is 9.90 Å². The Morgan fingerprint density at radius 3 is 2.15 bits per heavy atom. The van der Waals surface area contributed by atoms with Gasteiger partial charge in [-0.05, 0) is 42.0 Å². The monoisotopic (exact) mass is 561 g/mol. The van der Waals surface area contributed by atoms with E-state index >= 15 is 0 Å².